The van der Waals surface area contributed by atoms with Gasteiger partial charge in [-0.15, -0.1) is 0 Å². The van der Waals surface area contributed by atoms with E-state index < -0.39 is 5.97 Å². The first-order valence-electron chi connectivity index (χ1n) is 5.75. The van der Waals surface area contributed by atoms with Gasteiger partial charge in [-0.2, -0.15) is 0 Å². The lowest BCUT2D eigenvalue weighted by atomic mass is 9.85. The highest BCUT2D eigenvalue weighted by Gasteiger charge is 2.28. The third-order valence-electron chi connectivity index (χ3n) is 3.15. The number of amides is 1. The lowest BCUT2D eigenvalue weighted by Gasteiger charge is -2.29. The van der Waals surface area contributed by atoms with Gasteiger partial charge >= 0.3 is 5.97 Å². The van der Waals surface area contributed by atoms with Gasteiger partial charge in [0.05, 0.1) is 12.0 Å². The molecular weight excluding hydrogens is 208 g/mol. The Morgan fingerprint density at radius 1 is 1.38 bits per heavy atom. The molecule has 0 aromatic rings. The zero-order chi connectivity index (χ0) is 12.1. The summed E-state index contributed by atoms with van der Waals surface area (Å²) in [6, 6.07) is -0.121. The summed E-state index contributed by atoms with van der Waals surface area (Å²) in [6.07, 6.45) is 3.23. The average Bonchev–Trinajstić information content (AvgIpc) is 2.28. The second kappa shape index (κ2) is 5.84. The molecule has 1 fully saturated rings. The molecular formula is C11H20N2O3. The first-order valence-corrected chi connectivity index (χ1v) is 5.75. The number of aliphatic carboxylic acids is 1. The Labute approximate surface area is 95.6 Å². The summed E-state index contributed by atoms with van der Waals surface area (Å²) in [5.41, 5.74) is 0. The van der Waals surface area contributed by atoms with Gasteiger partial charge in [0.2, 0.25) is 5.91 Å². The molecule has 3 N–H and O–H groups in total. The van der Waals surface area contributed by atoms with Crippen molar-refractivity contribution in [3.63, 3.8) is 0 Å². The molecule has 0 bridgehead atoms. The van der Waals surface area contributed by atoms with E-state index in [2.05, 4.69) is 10.6 Å². The van der Waals surface area contributed by atoms with Gasteiger partial charge in [-0.3, -0.25) is 9.59 Å². The normalized spacial score (nSPS) is 27.1. The first-order chi connectivity index (χ1) is 7.54. The van der Waals surface area contributed by atoms with Crippen LogP contribution in [0.3, 0.4) is 0 Å². The molecule has 1 rings (SSSR count). The number of hydrogen-bond donors (Lipinski definition) is 3. The van der Waals surface area contributed by atoms with Crippen molar-refractivity contribution in [2.75, 3.05) is 7.05 Å². The van der Waals surface area contributed by atoms with E-state index in [-0.39, 0.29) is 23.9 Å². The van der Waals surface area contributed by atoms with Crippen molar-refractivity contribution >= 4 is 11.9 Å². The van der Waals surface area contributed by atoms with Crippen molar-refractivity contribution in [3.8, 4) is 0 Å². The van der Waals surface area contributed by atoms with Crippen LogP contribution in [0.5, 0.6) is 0 Å². The van der Waals surface area contributed by atoms with Gasteiger partial charge in [0.25, 0.3) is 0 Å². The Morgan fingerprint density at radius 2 is 2.06 bits per heavy atom. The second-order valence-corrected chi connectivity index (χ2v) is 4.40. The van der Waals surface area contributed by atoms with Gasteiger partial charge in [0.15, 0.2) is 0 Å². The lowest BCUT2D eigenvalue weighted by molar-refractivity contribution is -0.143. The van der Waals surface area contributed by atoms with Crippen LogP contribution in [0.2, 0.25) is 0 Å². The minimum absolute atomic E-state index is 0.0579. The Kier molecular flexibility index (Phi) is 4.73. The summed E-state index contributed by atoms with van der Waals surface area (Å²) in [5, 5.41) is 14.7. The summed E-state index contributed by atoms with van der Waals surface area (Å²) in [4.78, 5) is 22.2. The van der Waals surface area contributed by atoms with Gasteiger partial charge in [0.1, 0.15) is 0 Å². The highest BCUT2D eigenvalue weighted by Crippen LogP contribution is 2.24. The first kappa shape index (κ1) is 13.0. The largest absolute Gasteiger partial charge is 0.481 e. The van der Waals surface area contributed by atoms with Gasteiger partial charge in [-0.1, -0.05) is 6.42 Å². The van der Waals surface area contributed by atoms with E-state index in [1.54, 1.807) is 14.0 Å². The molecule has 0 aromatic carbocycles. The number of carboxylic acid groups (broad SMARTS) is 1. The minimum Gasteiger partial charge on any atom is -0.481 e. The third-order valence-corrected chi connectivity index (χ3v) is 3.15. The molecule has 0 saturated heterocycles. The molecule has 16 heavy (non-hydrogen) atoms. The quantitative estimate of drug-likeness (QED) is 0.649. The molecule has 1 saturated carbocycles. The van der Waals surface area contributed by atoms with Crippen molar-refractivity contribution < 1.29 is 14.7 Å². The van der Waals surface area contributed by atoms with Crippen LogP contribution in [0.15, 0.2) is 0 Å². The predicted octanol–water partition coefficient (Wildman–Crippen LogP) is 0.354. The maximum Gasteiger partial charge on any atom is 0.306 e. The molecule has 3 atom stereocenters. The SMILES string of the molecule is CNC(=O)C(C)NC1CCCC(C(=O)O)C1. The Bertz CT molecular complexity index is 268. The molecule has 0 heterocycles. The molecule has 1 aliphatic carbocycles. The fraction of sp³-hybridized carbons (Fsp3) is 0.818. The molecule has 92 valence electrons. The summed E-state index contributed by atoms with van der Waals surface area (Å²) >= 11 is 0. The number of nitrogens with one attached hydrogen (secondary N) is 2. The van der Waals surface area contributed by atoms with E-state index in [0.717, 1.165) is 19.3 Å². The van der Waals surface area contributed by atoms with Crippen LogP contribution in [0.25, 0.3) is 0 Å². The fourth-order valence-corrected chi connectivity index (χ4v) is 2.21. The molecule has 0 aromatic heterocycles. The Balaban J connectivity index is 2.42. The average molecular weight is 228 g/mol. The molecule has 0 aliphatic heterocycles. The number of hydrogen-bond acceptors (Lipinski definition) is 3. The highest BCUT2D eigenvalue weighted by atomic mass is 16.4. The third kappa shape index (κ3) is 3.48. The lowest BCUT2D eigenvalue weighted by Crippen LogP contribution is -2.47. The topological polar surface area (TPSA) is 78.4 Å². The van der Waals surface area contributed by atoms with Crippen LogP contribution in [-0.4, -0.2) is 36.1 Å². The van der Waals surface area contributed by atoms with E-state index in [4.69, 9.17) is 5.11 Å². The van der Waals surface area contributed by atoms with Crippen LogP contribution in [0.1, 0.15) is 32.6 Å². The molecule has 5 heteroatoms. The zero-order valence-electron chi connectivity index (χ0n) is 9.82. The van der Waals surface area contributed by atoms with Crippen LogP contribution in [-0.2, 0) is 9.59 Å². The number of carboxylic acids is 1. The zero-order valence-corrected chi connectivity index (χ0v) is 9.82. The van der Waals surface area contributed by atoms with E-state index in [1.807, 2.05) is 0 Å². The fourth-order valence-electron chi connectivity index (χ4n) is 2.21. The minimum atomic E-state index is -0.723. The van der Waals surface area contributed by atoms with Gasteiger partial charge < -0.3 is 15.7 Å². The van der Waals surface area contributed by atoms with Crippen molar-refractivity contribution in [2.45, 2.75) is 44.7 Å². The molecule has 3 unspecified atom stereocenters. The number of carbonyl (C=O) groups excluding carboxylic acids is 1. The highest BCUT2D eigenvalue weighted by molar-refractivity contribution is 5.81. The predicted molar refractivity (Wildman–Crippen MR) is 60.0 cm³/mol. The monoisotopic (exact) mass is 228 g/mol. The summed E-state index contributed by atoms with van der Waals surface area (Å²) in [5.74, 6) is -1.04. The summed E-state index contributed by atoms with van der Waals surface area (Å²) < 4.78 is 0. The van der Waals surface area contributed by atoms with Gasteiger partial charge in [-0.05, 0) is 26.2 Å². The maximum absolute atomic E-state index is 11.3. The van der Waals surface area contributed by atoms with Crippen LogP contribution in [0, 0.1) is 5.92 Å². The molecule has 1 aliphatic rings. The van der Waals surface area contributed by atoms with E-state index in [9.17, 15) is 9.59 Å². The van der Waals surface area contributed by atoms with Crippen molar-refractivity contribution in [1.29, 1.82) is 0 Å². The maximum atomic E-state index is 11.3. The smallest absolute Gasteiger partial charge is 0.306 e. The van der Waals surface area contributed by atoms with E-state index in [0.29, 0.717) is 6.42 Å². The Hall–Kier alpha value is -1.10. The molecule has 5 nitrogen and oxygen atoms in total. The van der Waals surface area contributed by atoms with E-state index >= 15 is 0 Å². The second-order valence-electron chi connectivity index (χ2n) is 4.40. The standard InChI is InChI=1S/C11H20N2O3/c1-7(10(14)12-2)13-9-5-3-4-8(6-9)11(15)16/h7-9,13H,3-6H2,1-2H3,(H,12,14)(H,15,16). The van der Waals surface area contributed by atoms with Crippen LogP contribution in [0.4, 0.5) is 0 Å². The van der Waals surface area contributed by atoms with Gasteiger partial charge in [0, 0.05) is 13.1 Å². The number of likely N-dealkylation sites (N-methyl/N-ethyl adjacent to an activating group) is 1. The van der Waals surface area contributed by atoms with Crippen LogP contribution < -0.4 is 10.6 Å². The van der Waals surface area contributed by atoms with Crippen molar-refractivity contribution in [1.82, 2.24) is 10.6 Å². The number of carbonyl (C=O) groups is 2. The molecule has 0 spiro atoms. The summed E-state index contributed by atoms with van der Waals surface area (Å²) in [6.45, 7) is 1.79. The number of rotatable bonds is 4. The molecule has 0 radical (unpaired) electrons. The van der Waals surface area contributed by atoms with Crippen molar-refractivity contribution in [2.24, 2.45) is 5.92 Å². The van der Waals surface area contributed by atoms with Crippen LogP contribution >= 0.6 is 0 Å². The van der Waals surface area contributed by atoms with Gasteiger partial charge in [-0.25, -0.2) is 0 Å². The Morgan fingerprint density at radius 3 is 2.62 bits per heavy atom. The molecule has 1 amide bonds. The van der Waals surface area contributed by atoms with E-state index in [1.165, 1.54) is 0 Å². The summed E-state index contributed by atoms with van der Waals surface area (Å²) in [7, 11) is 1.60. The van der Waals surface area contributed by atoms with Crippen molar-refractivity contribution in [3.05, 3.63) is 0 Å².